The van der Waals surface area contributed by atoms with Gasteiger partial charge in [-0.3, -0.25) is 4.79 Å². The average molecular weight is 301 g/mol. The van der Waals surface area contributed by atoms with Gasteiger partial charge in [0.2, 0.25) is 5.91 Å². The number of aryl methyl sites for hydroxylation is 1. The van der Waals surface area contributed by atoms with Crippen molar-refractivity contribution in [3.8, 4) is 5.75 Å². The van der Waals surface area contributed by atoms with Gasteiger partial charge >= 0.3 is 0 Å². The Labute approximate surface area is 127 Å². The highest BCUT2D eigenvalue weighted by molar-refractivity contribution is 5.85. The number of halogens is 1. The van der Waals surface area contributed by atoms with Gasteiger partial charge in [-0.15, -0.1) is 12.4 Å². The van der Waals surface area contributed by atoms with Gasteiger partial charge in [0.15, 0.2) is 0 Å². The zero-order valence-corrected chi connectivity index (χ0v) is 13.5. The van der Waals surface area contributed by atoms with E-state index in [0.717, 1.165) is 11.3 Å². The summed E-state index contributed by atoms with van der Waals surface area (Å²) in [6, 6.07) is 5.91. The summed E-state index contributed by atoms with van der Waals surface area (Å²) in [5.41, 5.74) is 7.50. The van der Waals surface area contributed by atoms with Gasteiger partial charge in [0, 0.05) is 12.1 Å². The van der Waals surface area contributed by atoms with E-state index in [-0.39, 0.29) is 23.9 Å². The quantitative estimate of drug-likeness (QED) is 0.847. The van der Waals surface area contributed by atoms with E-state index in [1.807, 2.05) is 45.9 Å². The van der Waals surface area contributed by atoms with Crippen molar-refractivity contribution in [3.63, 3.8) is 0 Å². The van der Waals surface area contributed by atoms with E-state index in [1.165, 1.54) is 5.56 Å². The number of carbonyl (C=O) groups is 1. The third-order valence-corrected chi connectivity index (χ3v) is 3.13. The molecule has 0 aromatic heterocycles. The van der Waals surface area contributed by atoms with Crippen molar-refractivity contribution in [2.75, 3.05) is 13.2 Å². The molecular formula is C15H25ClN2O2. The van der Waals surface area contributed by atoms with Gasteiger partial charge in [-0.25, -0.2) is 0 Å². The van der Waals surface area contributed by atoms with Crippen LogP contribution in [0.3, 0.4) is 0 Å². The second kappa shape index (κ2) is 8.12. The lowest BCUT2D eigenvalue weighted by Crippen LogP contribution is -2.49. The molecule has 0 heterocycles. The van der Waals surface area contributed by atoms with E-state index in [1.54, 1.807) is 0 Å². The highest BCUT2D eigenvalue weighted by Gasteiger charge is 2.17. The molecule has 0 saturated heterocycles. The largest absolute Gasteiger partial charge is 0.493 e. The van der Waals surface area contributed by atoms with Crippen LogP contribution in [0.25, 0.3) is 0 Å². The number of nitrogens with one attached hydrogen (secondary N) is 1. The smallest absolute Gasteiger partial charge is 0.223 e. The number of rotatable bonds is 6. The molecule has 0 aliphatic heterocycles. The second-order valence-corrected chi connectivity index (χ2v) is 5.43. The summed E-state index contributed by atoms with van der Waals surface area (Å²) in [5.74, 6) is 0.798. The van der Waals surface area contributed by atoms with Crippen LogP contribution in [0.1, 0.15) is 31.4 Å². The highest BCUT2D eigenvalue weighted by Crippen LogP contribution is 2.20. The van der Waals surface area contributed by atoms with E-state index in [2.05, 4.69) is 5.32 Å². The van der Waals surface area contributed by atoms with Crippen molar-refractivity contribution >= 4 is 18.3 Å². The van der Waals surface area contributed by atoms with Crippen molar-refractivity contribution < 1.29 is 9.53 Å². The first-order valence-electron chi connectivity index (χ1n) is 6.56. The minimum Gasteiger partial charge on any atom is -0.493 e. The molecule has 0 spiro atoms. The van der Waals surface area contributed by atoms with Gasteiger partial charge in [0.1, 0.15) is 5.75 Å². The summed E-state index contributed by atoms with van der Waals surface area (Å²) >= 11 is 0. The van der Waals surface area contributed by atoms with Gasteiger partial charge in [0.25, 0.3) is 0 Å². The SMILES string of the molecule is Cc1cccc(OCCC(=O)NC(C)(C)CN)c1C.Cl. The van der Waals surface area contributed by atoms with Crippen molar-refractivity contribution in [1.82, 2.24) is 5.32 Å². The molecule has 4 nitrogen and oxygen atoms in total. The number of hydrogen-bond acceptors (Lipinski definition) is 3. The Morgan fingerprint density at radius 2 is 2.00 bits per heavy atom. The number of amides is 1. The number of benzene rings is 1. The van der Waals surface area contributed by atoms with Crippen LogP contribution in [0.4, 0.5) is 0 Å². The molecule has 1 rings (SSSR count). The van der Waals surface area contributed by atoms with Gasteiger partial charge in [-0.2, -0.15) is 0 Å². The van der Waals surface area contributed by atoms with Crippen LogP contribution < -0.4 is 15.8 Å². The molecule has 0 atom stereocenters. The van der Waals surface area contributed by atoms with E-state index in [4.69, 9.17) is 10.5 Å². The highest BCUT2D eigenvalue weighted by atomic mass is 35.5. The zero-order chi connectivity index (χ0) is 14.5. The van der Waals surface area contributed by atoms with E-state index in [0.29, 0.717) is 19.6 Å². The van der Waals surface area contributed by atoms with E-state index in [9.17, 15) is 4.79 Å². The van der Waals surface area contributed by atoms with Crippen LogP contribution in [-0.4, -0.2) is 24.6 Å². The lowest BCUT2D eigenvalue weighted by molar-refractivity contribution is -0.123. The topological polar surface area (TPSA) is 64.3 Å². The van der Waals surface area contributed by atoms with E-state index < -0.39 is 0 Å². The Morgan fingerprint density at radius 3 is 2.60 bits per heavy atom. The molecule has 20 heavy (non-hydrogen) atoms. The summed E-state index contributed by atoms with van der Waals surface area (Å²) in [5, 5.41) is 2.87. The monoisotopic (exact) mass is 300 g/mol. The standard InChI is InChI=1S/C15H24N2O2.ClH/c1-11-6-5-7-13(12(11)2)19-9-8-14(18)17-15(3,4)10-16;/h5-7H,8-10,16H2,1-4H3,(H,17,18);1H. The summed E-state index contributed by atoms with van der Waals surface area (Å²) in [4.78, 5) is 11.7. The Hall–Kier alpha value is -1.26. The third-order valence-electron chi connectivity index (χ3n) is 3.13. The number of ether oxygens (including phenoxy) is 1. The van der Waals surface area contributed by atoms with E-state index >= 15 is 0 Å². The van der Waals surface area contributed by atoms with Crippen LogP contribution in [0, 0.1) is 13.8 Å². The van der Waals surface area contributed by atoms with Crippen LogP contribution >= 0.6 is 12.4 Å². The fourth-order valence-corrected chi connectivity index (χ4v) is 1.63. The van der Waals surface area contributed by atoms with Gasteiger partial charge in [-0.05, 0) is 44.9 Å². The van der Waals surface area contributed by atoms with Crippen LogP contribution in [-0.2, 0) is 4.79 Å². The molecule has 0 bridgehead atoms. The predicted octanol–water partition coefficient (Wildman–Crippen LogP) is 2.35. The molecule has 1 amide bonds. The van der Waals surface area contributed by atoms with Crippen molar-refractivity contribution in [2.24, 2.45) is 5.73 Å². The number of nitrogens with two attached hydrogens (primary N) is 1. The maximum Gasteiger partial charge on any atom is 0.223 e. The second-order valence-electron chi connectivity index (χ2n) is 5.43. The fourth-order valence-electron chi connectivity index (χ4n) is 1.63. The molecule has 0 saturated carbocycles. The lowest BCUT2D eigenvalue weighted by Gasteiger charge is -2.24. The van der Waals surface area contributed by atoms with Crippen molar-refractivity contribution in [3.05, 3.63) is 29.3 Å². The zero-order valence-electron chi connectivity index (χ0n) is 12.7. The van der Waals surface area contributed by atoms with Gasteiger partial charge in [-0.1, -0.05) is 12.1 Å². The first kappa shape index (κ1) is 18.7. The molecule has 114 valence electrons. The molecular weight excluding hydrogens is 276 g/mol. The van der Waals surface area contributed by atoms with Crippen LogP contribution in [0.5, 0.6) is 5.75 Å². The Morgan fingerprint density at radius 1 is 1.35 bits per heavy atom. The summed E-state index contributed by atoms with van der Waals surface area (Å²) in [7, 11) is 0. The third kappa shape index (κ3) is 5.80. The maximum absolute atomic E-state index is 11.7. The Balaban J connectivity index is 0.00000361. The fraction of sp³-hybridized carbons (Fsp3) is 0.533. The molecule has 0 aliphatic carbocycles. The normalized spacial score (nSPS) is 10.7. The molecule has 1 aromatic rings. The molecule has 1 aromatic carbocycles. The predicted molar refractivity (Wildman–Crippen MR) is 84.6 cm³/mol. The summed E-state index contributed by atoms with van der Waals surface area (Å²) < 4.78 is 5.64. The van der Waals surface area contributed by atoms with Gasteiger partial charge < -0.3 is 15.8 Å². The Bertz CT molecular complexity index is 447. The van der Waals surface area contributed by atoms with Crippen LogP contribution in [0.15, 0.2) is 18.2 Å². The molecule has 3 N–H and O–H groups in total. The van der Waals surface area contributed by atoms with Gasteiger partial charge in [0.05, 0.1) is 13.0 Å². The van der Waals surface area contributed by atoms with Crippen molar-refractivity contribution in [2.45, 2.75) is 39.7 Å². The maximum atomic E-state index is 11.7. The summed E-state index contributed by atoms with van der Waals surface area (Å²) in [6.45, 7) is 8.64. The first-order chi connectivity index (χ1) is 8.85. The van der Waals surface area contributed by atoms with Crippen LogP contribution in [0.2, 0.25) is 0 Å². The molecule has 0 aliphatic rings. The minimum atomic E-state index is -0.365. The lowest BCUT2D eigenvalue weighted by atomic mass is 10.1. The average Bonchev–Trinajstić information content (AvgIpc) is 2.34. The first-order valence-corrected chi connectivity index (χ1v) is 6.56. The van der Waals surface area contributed by atoms with Crippen molar-refractivity contribution in [1.29, 1.82) is 0 Å². The molecule has 5 heteroatoms. The summed E-state index contributed by atoms with van der Waals surface area (Å²) in [6.07, 6.45) is 0.330. The minimum absolute atomic E-state index is 0. The Kier molecular flexibility index (Phi) is 7.61. The molecule has 0 unspecified atom stereocenters. The number of carbonyl (C=O) groups excluding carboxylic acids is 1. The molecule has 0 fully saturated rings. The molecule has 0 radical (unpaired) electrons. The number of hydrogen-bond donors (Lipinski definition) is 2.